The lowest BCUT2D eigenvalue weighted by Gasteiger charge is -2.14. The zero-order chi connectivity index (χ0) is 20.4. The van der Waals surface area contributed by atoms with E-state index in [0.717, 1.165) is 5.56 Å². The van der Waals surface area contributed by atoms with Crippen LogP contribution in [0.5, 0.6) is 11.5 Å². The molecule has 0 saturated heterocycles. The van der Waals surface area contributed by atoms with Crippen LogP contribution in [-0.2, 0) is 20.9 Å². The summed E-state index contributed by atoms with van der Waals surface area (Å²) in [5.41, 5.74) is 1.10. The number of benzene rings is 2. The van der Waals surface area contributed by atoms with Crippen molar-refractivity contribution in [3.05, 3.63) is 65.2 Å². The van der Waals surface area contributed by atoms with Gasteiger partial charge in [0.1, 0.15) is 12.4 Å². The molecule has 0 aliphatic rings. The third-order valence-corrected chi connectivity index (χ3v) is 3.66. The molecule has 0 amide bonds. The molecule has 6 heteroatoms. The third kappa shape index (κ3) is 6.01. The third-order valence-electron chi connectivity index (χ3n) is 3.66. The lowest BCUT2D eigenvalue weighted by atomic mass is 10.1. The van der Waals surface area contributed by atoms with Gasteiger partial charge >= 0.3 is 5.97 Å². The van der Waals surface area contributed by atoms with E-state index in [1.165, 1.54) is 18.2 Å². The maximum atomic E-state index is 14.7. The van der Waals surface area contributed by atoms with Crippen LogP contribution in [0.4, 0.5) is 4.39 Å². The Balaban J connectivity index is 2.31. The standard InChI is InChI=1S/C22H25FO5/c1-4-25-19-12-17(13-21(26-5-2)22(24)27-6-3)18(23)14-20(19)28-15-16-10-8-7-9-11-16/h7-14H,4-6,15H2,1-3H3/b21-13-. The van der Waals surface area contributed by atoms with Crippen molar-refractivity contribution in [2.45, 2.75) is 27.4 Å². The number of rotatable bonds is 10. The summed E-state index contributed by atoms with van der Waals surface area (Å²) < 4.78 is 36.2. The highest BCUT2D eigenvalue weighted by Crippen LogP contribution is 2.32. The van der Waals surface area contributed by atoms with Crippen molar-refractivity contribution in [2.75, 3.05) is 19.8 Å². The summed E-state index contributed by atoms with van der Waals surface area (Å²) >= 11 is 0. The molecule has 2 aromatic carbocycles. The molecule has 0 aromatic heterocycles. The number of carbonyl (C=O) groups excluding carboxylic acids is 1. The highest BCUT2D eigenvalue weighted by molar-refractivity contribution is 5.91. The summed E-state index contributed by atoms with van der Waals surface area (Å²) in [5.74, 6) is -0.608. The maximum Gasteiger partial charge on any atom is 0.373 e. The molecule has 0 atom stereocenters. The lowest BCUT2D eigenvalue weighted by molar-refractivity contribution is -0.142. The summed E-state index contributed by atoms with van der Waals surface area (Å²) in [6, 6.07) is 12.3. The molecule has 0 N–H and O–H groups in total. The normalized spacial score (nSPS) is 11.1. The number of esters is 1. The molecule has 0 radical (unpaired) electrons. The van der Waals surface area contributed by atoms with Gasteiger partial charge in [0.2, 0.25) is 5.76 Å². The van der Waals surface area contributed by atoms with Crippen molar-refractivity contribution in [3.8, 4) is 11.5 Å². The number of hydrogen-bond acceptors (Lipinski definition) is 5. The Morgan fingerprint density at radius 1 is 0.929 bits per heavy atom. The summed E-state index contributed by atoms with van der Waals surface area (Å²) in [5, 5.41) is 0. The van der Waals surface area contributed by atoms with E-state index in [4.69, 9.17) is 18.9 Å². The van der Waals surface area contributed by atoms with Gasteiger partial charge in [0.05, 0.1) is 19.8 Å². The first-order valence-corrected chi connectivity index (χ1v) is 9.23. The Morgan fingerprint density at radius 3 is 2.25 bits per heavy atom. The Bertz CT molecular complexity index is 802. The minimum Gasteiger partial charge on any atom is -0.490 e. The molecular formula is C22H25FO5. The Kier molecular flexibility index (Phi) is 8.34. The first kappa shape index (κ1) is 21.3. The molecule has 0 heterocycles. The SMILES string of the molecule is CCOC(=O)/C(=C/c1cc(OCC)c(OCc2ccccc2)cc1F)OCC. The number of carbonyl (C=O) groups is 1. The van der Waals surface area contributed by atoms with Crippen LogP contribution in [0.2, 0.25) is 0 Å². The monoisotopic (exact) mass is 388 g/mol. The molecule has 28 heavy (non-hydrogen) atoms. The van der Waals surface area contributed by atoms with Gasteiger partial charge in [0.25, 0.3) is 0 Å². The van der Waals surface area contributed by atoms with E-state index in [-0.39, 0.29) is 36.9 Å². The molecule has 0 spiro atoms. The molecule has 0 aliphatic carbocycles. The summed E-state index contributed by atoms with van der Waals surface area (Å²) in [6.07, 6.45) is 1.31. The van der Waals surface area contributed by atoms with Crippen LogP contribution in [0.25, 0.3) is 6.08 Å². The quantitative estimate of drug-likeness (QED) is 0.334. The Morgan fingerprint density at radius 2 is 1.61 bits per heavy atom. The second-order valence-corrected chi connectivity index (χ2v) is 5.69. The van der Waals surface area contributed by atoms with Gasteiger partial charge in [-0.2, -0.15) is 0 Å². The van der Waals surface area contributed by atoms with Crippen LogP contribution in [-0.4, -0.2) is 25.8 Å². The summed E-state index contributed by atoms with van der Waals surface area (Å²) in [4.78, 5) is 12.0. The van der Waals surface area contributed by atoms with Crippen molar-refractivity contribution in [2.24, 2.45) is 0 Å². The Hall–Kier alpha value is -3.02. The van der Waals surface area contributed by atoms with E-state index in [1.54, 1.807) is 13.8 Å². The highest BCUT2D eigenvalue weighted by atomic mass is 19.1. The van der Waals surface area contributed by atoms with E-state index >= 15 is 0 Å². The molecule has 0 unspecified atom stereocenters. The van der Waals surface area contributed by atoms with Gasteiger partial charge in [-0.25, -0.2) is 9.18 Å². The zero-order valence-corrected chi connectivity index (χ0v) is 16.4. The fraction of sp³-hybridized carbons (Fsp3) is 0.318. The lowest BCUT2D eigenvalue weighted by Crippen LogP contribution is -2.10. The first-order valence-electron chi connectivity index (χ1n) is 9.23. The molecule has 2 aromatic rings. The van der Waals surface area contributed by atoms with Crippen molar-refractivity contribution in [3.63, 3.8) is 0 Å². The molecule has 0 saturated carbocycles. The fourth-order valence-electron chi connectivity index (χ4n) is 2.44. The van der Waals surface area contributed by atoms with Crippen molar-refractivity contribution in [1.82, 2.24) is 0 Å². The Labute approximate surface area is 164 Å². The molecule has 5 nitrogen and oxygen atoms in total. The average Bonchev–Trinajstić information content (AvgIpc) is 2.69. The van der Waals surface area contributed by atoms with Crippen molar-refractivity contribution >= 4 is 12.0 Å². The van der Waals surface area contributed by atoms with Crippen LogP contribution in [0.3, 0.4) is 0 Å². The largest absolute Gasteiger partial charge is 0.490 e. The van der Waals surface area contributed by atoms with Gasteiger partial charge < -0.3 is 18.9 Å². The van der Waals surface area contributed by atoms with Crippen molar-refractivity contribution in [1.29, 1.82) is 0 Å². The second kappa shape index (κ2) is 11.0. The number of hydrogen-bond donors (Lipinski definition) is 0. The van der Waals surface area contributed by atoms with Gasteiger partial charge in [-0.15, -0.1) is 0 Å². The minimum atomic E-state index is -0.647. The molecular weight excluding hydrogens is 363 g/mol. The second-order valence-electron chi connectivity index (χ2n) is 5.69. The van der Waals surface area contributed by atoms with Gasteiger partial charge in [0, 0.05) is 11.6 Å². The van der Waals surface area contributed by atoms with Gasteiger partial charge in [-0.3, -0.25) is 0 Å². The first-order chi connectivity index (χ1) is 13.6. The zero-order valence-electron chi connectivity index (χ0n) is 16.4. The van der Waals surface area contributed by atoms with Gasteiger partial charge in [0.15, 0.2) is 11.5 Å². The molecule has 150 valence electrons. The number of ether oxygens (including phenoxy) is 4. The van der Waals surface area contributed by atoms with Crippen LogP contribution in [0, 0.1) is 5.82 Å². The molecule has 0 fully saturated rings. The van der Waals surface area contributed by atoms with Gasteiger partial charge in [-0.05, 0) is 38.5 Å². The average molecular weight is 388 g/mol. The maximum absolute atomic E-state index is 14.7. The summed E-state index contributed by atoms with van der Waals surface area (Å²) in [6.45, 7) is 6.36. The minimum absolute atomic E-state index is 0.0661. The van der Waals surface area contributed by atoms with E-state index in [2.05, 4.69) is 0 Å². The van der Waals surface area contributed by atoms with Crippen LogP contribution in [0.1, 0.15) is 31.9 Å². The van der Waals surface area contributed by atoms with E-state index in [9.17, 15) is 9.18 Å². The molecule has 2 rings (SSSR count). The number of halogens is 1. The predicted molar refractivity (Wildman–Crippen MR) is 105 cm³/mol. The topological polar surface area (TPSA) is 54.0 Å². The fourth-order valence-corrected chi connectivity index (χ4v) is 2.44. The summed E-state index contributed by atoms with van der Waals surface area (Å²) in [7, 11) is 0. The van der Waals surface area contributed by atoms with Crippen LogP contribution in [0.15, 0.2) is 48.2 Å². The molecule has 0 bridgehead atoms. The van der Waals surface area contributed by atoms with Crippen LogP contribution >= 0.6 is 0 Å². The van der Waals surface area contributed by atoms with E-state index in [0.29, 0.717) is 12.4 Å². The smallest absolute Gasteiger partial charge is 0.373 e. The van der Waals surface area contributed by atoms with Gasteiger partial charge in [-0.1, -0.05) is 30.3 Å². The van der Waals surface area contributed by atoms with Crippen LogP contribution < -0.4 is 9.47 Å². The van der Waals surface area contributed by atoms with E-state index < -0.39 is 11.8 Å². The van der Waals surface area contributed by atoms with E-state index in [1.807, 2.05) is 37.3 Å². The molecule has 0 aliphatic heterocycles. The highest BCUT2D eigenvalue weighted by Gasteiger charge is 2.16. The van der Waals surface area contributed by atoms with Crippen molar-refractivity contribution < 1.29 is 28.1 Å². The predicted octanol–water partition coefficient (Wildman–Crippen LogP) is 4.74.